The van der Waals surface area contributed by atoms with Gasteiger partial charge in [0, 0.05) is 6.42 Å². The maximum Gasteiger partial charge on any atom is 0.156 e. The van der Waals surface area contributed by atoms with E-state index in [1.165, 1.54) is 25.3 Å². The van der Waals surface area contributed by atoms with Crippen LogP contribution in [0.1, 0.15) is 38.7 Å². The lowest BCUT2D eigenvalue weighted by molar-refractivity contribution is -0.129. The minimum atomic E-state index is -0.443. The molecule has 1 aromatic carbocycles. The molecule has 0 unspecified atom stereocenters. The molecule has 2 nitrogen and oxygen atoms in total. The Morgan fingerprint density at radius 2 is 1.95 bits per heavy atom. The number of rotatable bonds is 4. The molecule has 1 aromatic rings. The van der Waals surface area contributed by atoms with Crippen LogP contribution < -0.4 is 0 Å². The second kappa shape index (κ2) is 6.35. The van der Waals surface area contributed by atoms with E-state index in [0.29, 0.717) is 10.9 Å². The predicted molar refractivity (Wildman–Crippen MR) is 82.3 cm³/mol. The molecule has 0 amide bonds. The van der Waals surface area contributed by atoms with Gasteiger partial charge in [0.1, 0.15) is 5.82 Å². The molecule has 1 aliphatic rings. The van der Waals surface area contributed by atoms with E-state index in [9.17, 15) is 9.18 Å². The summed E-state index contributed by atoms with van der Waals surface area (Å²) in [7, 11) is 0. The molecule has 0 bridgehead atoms. The third-order valence-corrected chi connectivity index (χ3v) is 4.79. The first kappa shape index (κ1) is 15.6. The van der Waals surface area contributed by atoms with Crippen LogP contribution in [-0.2, 0) is 11.2 Å². The number of benzene rings is 1. The van der Waals surface area contributed by atoms with Gasteiger partial charge in [-0.3, -0.25) is 9.69 Å². The van der Waals surface area contributed by atoms with Crippen LogP contribution in [0.5, 0.6) is 0 Å². The van der Waals surface area contributed by atoms with Crippen LogP contribution in [0.3, 0.4) is 0 Å². The van der Waals surface area contributed by atoms with Crippen molar-refractivity contribution in [3.05, 3.63) is 34.1 Å². The summed E-state index contributed by atoms with van der Waals surface area (Å²) in [5, 5.41) is 0. The van der Waals surface area contributed by atoms with Gasteiger partial charge in [-0.25, -0.2) is 4.39 Å². The highest BCUT2D eigenvalue weighted by Gasteiger charge is 2.34. The Kier molecular flexibility index (Phi) is 4.97. The molecule has 0 aromatic heterocycles. The van der Waals surface area contributed by atoms with Crippen LogP contribution in [0, 0.1) is 5.82 Å². The number of halogens is 2. The van der Waals surface area contributed by atoms with Crippen LogP contribution in [0.25, 0.3) is 0 Å². The molecular weight excluding hydrogens is 321 g/mol. The molecule has 1 aliphatic heterocycles. The Bertz CT molecular complexity index is 495. The summed E-state index contributed by atoms with van der Waals surface area (Å²) in [6.45, 7) is 5.98. The standard InChI is InChI=1S/C16H21BrFNO/c1-16(2,19-8-4-3-5-9-19)15(20)11-12-6-7-14(18)13(17)10-12/h6-7,10H,3-5,8-9,11H2,1-2H3. The van der Waals surface area contributed by atoms with E-state index < -0.39 is 5.54 Å². The Morgan fingerprint density at radius 1 is 1.30 bits per heavy atom. The van der Waals surface area contributed by atoms with Gasteiger partial charge in [-0.15, -0.1) is 0 Å². The zero-order chi connectivity index (χ0) is 14.8. The van der Waals surface area contributed by atoms with Crippen LogP contribution in [0.4, 0.5) is 4.39 Å². The molecule has 1 saturated heterocycles. The fourth-order valence-electron chi connectivity index (χ4n) is 2.68. The van der Waals surface area contributed by atoms with E-state index in [1.54, 1.807) is 12.1 Å². The molecule has 110 valence electrons. The van der Waals surface area contributed by atoms with Gasteiger partial charge in [0.15, 0.2) is 5.78 Å². The number of Topliss-reactive ketones (excluding diaryl/α,β-unsaturated/α-hetero) is 1. The monoisotopic (exact) mass is 341 g/mol. The zero-order valence-electron chi connectivity index (χ0n) is 12.1. The highest BCUT2D eigenvalue weighted by atomic mass is 79.9. The summed E-state index contributed by atoms with van der Waals surface area (Å²) in [4.78, 5) is 14.9. The number of carbonyl (C=O) groups is 1. The number of piperidine rings is 1. The van der Waals surface area contributed by atoms with Crippen molar-refractivity contribution in [3.63, 3.8) is 0 Å². The van der Waals surface area contributed by atoms with Crippen LogP contribution in [0.2, 0.25) is 0 Å². The number of nitrogens with zero attached hydrogens (tertiary/aromatic N) is 1. The van der Waals surface area contributed by atoms with Gasteiger partial charge in [0.25, 0.3) is 0 Å². The molecule has 4 heteroatoms. The molecule has 0 radical (unpaired) electrons. The minimum Gasteiger partial charge on any atom is -0.297 e. The van der Waals surface area contributed by atoms with Crippen molar-refractivity contribution in [1.29, 1.82) is 0 Å². The van der Waals surface area contributed by atoms with Crippen molar-refractivity contribution >= 4 is 21.7 Å². The van der Waals surface area contributed by atoms with Crippen molar-refractivity contribution in [2.45, 2.75) is 45.1 Å². The molecule has 0 aliphatic carbocycles. The Balaban J connectivity index is 2.07. The smallest absolute Gasteiger partial charge is 0.156 e. The minimum absolute atomic E-state index is 0.193. The van der Waals surface area contributed by atoms with E-state index in [-0.39, 0.29) is 11.6 Å². The van der Waals surface area contributed by atoms with Crippen LogP contribution >= 0.6 is 15.9 Å². The largest absolute Gasteiger partial charge is 0.297 e. The van der Waals surface area contributed by atoms with Gasteiger partial charge in [0.2, 0.25) is 0 Å². The lowest BCUT2D eigenvalue weighted by Gasteiger charge is -2.39. The SMILES string of the molecule is CC(C)(C(=O)Cc1ccc(F)c(Br)c1)N1CCCCC1. The third kappa shape index (κ3) is 3.47. The van der Waals surface area contributed by atoms with Crippen molar-refractivity contribution in [2.24, 2.45) is 0 Å². The summed E-state index contributed by atoms with van der Waals surface area (Å²) >= 11 is 3.17. The molecule has 0 atom stereocenters. The summed E-state index contributed by atoms with van der Waals surface area (Å²) in [6.07, 6.45) is 3.94. The first-order valence-electron chi connectivity index (χ1n) is 7.13. The van der Waals surface area contributed by atoms with Crippen molar-refractivity contribution in [2.75, 3.05) is 13.1 Å². The van der Waals surface area contributed by atoms with Gasteiger partial charge in [-0.05, 0) is 73.4 Å². The van der Waals surface area contributed by atoms with Crippen molar-refractivity contribution < 1.29 is 9.18 Å². The molecule has 0 spiro atoms. The number of likely N-dealkylation sites (tertiary alicyclic amines) is 1. The first-order chi connectivity index (χ1) is 9.41. The number of carbonyl (C=O) groups excluding carboxylic acids is 1. The fourth-order valence-corrected chi connectivity index (χ4v) is 3.11. The molecule has 2 rings (SSSR count). The van der Waals surface area contributed by atoms with Gasteiger partial charge in [-0.1, -0.05) is 12.5 Å². The highest BCUT2D eigenvalue weighted by molar-refractivity contribution is 9.10. The molecule has 1 heterocycles. The van der Waals surface area contributed by atoms with Gasteiger partial charge < -0.3 is 0 Å². The van der Waals surface area contributed by atoms with Crippen molar-refractivity contribution in [1.82, 2.24) is 4.90 Å². The number of ketones is 1. The summed E-state index contributed by atoms with van der Waals surface area (Å²) < 4.78 is 13.6. The molecular formula is C16H21BrFNO. The van der Waals surface area contributed by atoms with Gasteiger partial charge in [0.05, 0.1) is 10.0 Å². The average Bonchev–Trinajstić information content (AvgIpc) is 2.44. The quantitative estimate of drug-likeness (QED) is 0.825. The van der Waals surface area contributed by atoms with Gasteiger partial charge >= 0.3 is 0 Å². The van der Waals surface area contributed by atoms with E-state index in [1.807, 2.05) is 13.8 Å². The Morgan fingerprint density at radius 3 is 2.55 bits per heavy atom. The van der Waals surface area contributed by atoms with Crippen LogP contribution in [-0.4, -0.2) is 29.3 Å². The molecule has 0 N–H and O–H groups in total. The van der Waals surface area contributed by atoms with E-state index in [2.05, 4.69) is 20.8 Å². The number of hydrogen-bond acceptors (Lipinski definition) is 2. The topological polar surface area (TPSA) is 20.3 Å². The first-order valence-corrected chi connectivity index (χ1v) is 7.93. The summed E-state index contributed by atoms with van der Waals surface area (Å²) in [5.74, 6) is -0.102. The van der Waals surface area contributed by atoms with Crippen molar-refractivity contribution in [3.8, 4) is 0 Å². The van der Waals surface area contributed by atoms with E-state index in [0.717, 1.165) is 18.7 Å². The molecule has 1 fully saturated rings. The second-order valence-electron chi connectivity index (χ2n) is 5.96. The lowest BCUT2D eigenvalue weighted by atomic mass is 9.90. The third-order valence-electron chi connectivity index (χ3n) is 4.18. The van der Waals surface area contributed by atoms with E-state index >= 15 is 0 Å². The maximum absolute atomic E-state index is 13.2. The predicted octanol–water partition coefficient (Wildman–Crippen LogP) is 3.96. The number of hydrogen-bond donors (Lipinski definition) is 0. The summed E-state index contributed by atoms with van der Waals surface area (Å²) in [5.41, 5.74) is 0.412. The van der Waals surface area contributed by atoms with E-state index in [4.69, 9.17) is 0 Å². The average molecular weight is 342 g/mol. The molecule has 20 heavy (non-hydrogen) atoms. The lowest BCUT2D eigenvalue weighted by Crippen LogP contribution is -2.52. The second-order valence-corrected chi connectivity index (χ2v) is 6.81. The van der Waals surface area contributed by atoms with Crippen LogP contribution in [0.15, 0.2) is 22.7 Å². The Hall–Kier alpha value is -0.740. The Labute approximate surface area is 128 Å². The summed E-state index contributed by atoms with van der Waals surface area (Å²) in [6, 6.07) is 4.78. The molecule has 0 saturated carbocycles. The maximum atomic E-state index is 13.2. The zero-order valence-corrected chi connectivity index (χ0v) is 13.7. The van der Waals surface area contributed by atoms with Gasteiger partial charge in [-0.2, -0.15) is 0 Å². The normalized spacial score (nSPS) is 17.2. The highest BCUT2D eigenvalue weighted by Crippen LogP contribution is 2.24. The fraction of sp³-hybridized carbons (Fsp3) is 0.562.